The van der Waals surface area contributed by atoms with Gasteiger partial charge < -0.3 is 9.47 Å². The topological polar surface area (TPSA) is 97.3 Å². The molecule has 1 heterocycles. The average Bonchev–Trinajstić information content (AvgIpc) is 2.71. The summed E-state index contributed by atoms with van der Waals surface area (Å²) >= 11 is 0. The van der Waals surface area contributed by atoms with Crippen molar-refractivity contribution in [2.24, 2.45) is 5.10 Å². The van der Waals surface area contributed by atoms with Gasteiger partial charge in [-0.25, -0.2) is 13.8 Å². The molecule has 9 heteroatoms. The summed E-state index contributed by atoms with van der Waals surface area (Å²) in [6, 6.07) is 10.6. The first-order chi connectivity index (χ1) is 14.1. The number of aryl methyl sites for hydroxylation is 2. The fourth-order valence-corrected chi connectivity index (χ4v) is 3.77. The molecule has 0 unspecified atom stereocenters. The maximum absolute atomic E-state index is 12.4. The minimum Gasteiger partial charge on any atom is -0.486 e. The Morgan fingerprint density at radius 2 is 1.77 bits per heavy atom. The number of hydrogen-bond donors (Lipinski definition) is 1. The number of carbonyl (C=O) groups excluding carboxylic acids is 1. The Morgan fingerprint density at radius 3 is 2.43 bits per heavy atom. The van der Waals surface area contributed by atoms with Crippen LogP contribution in [-0.2, 0) is 14.8 Å². The number of hydrazone groups is 1. The van der Waals surface area contributed by atoms with E-state index in [4.69, 9.17) is 9.47 Å². The zero-order valence-corrected chi connectivity index (χ0v) is 18.2. The average molecular weight is 432 g/mol. The van der Waals surface area contributed by atoms with Gasteiger partial charge in [-0.15, -0.1) is 0 Å². The molecule has 0 fully saturated rings. The molecule has 1 aliphatic heterocycles. The molecule has 2 aromatic carbocycles. The number of carbonyl (C=O) groups is 1. The summed E-state index contributed by atoms with van der Waals surface area (Å²) in [6.45, 7) is 6.17. The molecule has 0 atom stereocenters. The van der Waals surface area contributed by atoms with Crippen LogP contribution >= 0.6 is 0 Å². The van der Waals surface area contributed by atoms with E-state index in [1.165, 1.54) is 0 Å². The molecule has 0 aromatic heterocycles. The largest absolute Gasteiger partial charge is 0.486 e. The highest BCUT2D eigenvalue weighted by Gasteiger charge is 2.21. The first-order valence-electron chi connectivity index (χ1n) is 9.43. The molecule has 0 bridgehead atoms. The van der Waals surface area contributed by atoms with E-state index >= 15 is 0 Å². The second-order valence-corrected chi connectivity index (χ2v) is 9.04. The Bertz CT molecular complexity index is 1100. The SMILES string of the molecule is C/C(=N/NC(=O)CN(c1ccc(C)c(C)c1)S(C)(=O)=O)c1ccc2c(c1)OCCO2. The van der Waals surface area contributed by atoms with Crippen molar-refractivity contribution in [1.82, 2.24) is 5.43 Å². The van der Waals surface area contributed by atoms with Crippen LogP contribution in [0.1, 0.15) is 23.6 Å². The Labute approximate surface area is 176 Å². The third kappa shape index (κ3) is 5.10. The molecule has 0 saturated carbocycles. The number of ether oxygens (including phenoxy) is 2. The van der Waals surface area contributed by atoms with E-state index in [0.29, 0.717) is 36.1 Å². The van der Waals surface area contributed by atoms with Crippen LogP contribution in [0.2, 0.25) is 0 Å². The number of hydrogen-bond acceptors (Lipinski definition) is 6. The van der Waals surface area contributed by atoms with Crippen molar-refractivity contribution in [2.75, 3.05) is 30.3 Å². The summed E-state index contributed by atoms with van der Waals surface area (Å²) in [7, 11) is -3.65. The molecule has 1 N–H and O–H groups in total. The van der Waals surface area contributed by atoms with E-state index in [1.54, 1.807) is 31.2 Å². The lowest BCUT2D eigenvalue weighted by Crippen LogP contribution is -2.39. The second kappa shape index (κ2) is 8.74. The highest BCUT2D eigenvalue weighted by Crippen LogP contribution is 2.30. The lowest BCUT2D eigenvalue weighted by atomic mass is 10.1. The Kier molecular flexibility index (Phi) is 6.31. The molecule has 0 aliphatic carbocycles. The molecular weight excluding hydrogens is 406 g/mol. The standard InChI is InChI=1S/C21H25N3O5S/c1-14-5-7-18(11-15(14)2)24(30(4,26)27)13-21(25)23-22-16(3)17-6-8-19-20(12-17)29-10-9-28-19/h5-8,11-12H,9-10,13H2,1-4H3,(H,23,25)/b22-16-. The minimum absolute atomic E-state index is 0.376. The van der Waals surface area contributed by atoms with Crippen molar-refractivity contribution < 1.29 is 22.7 Å². The molecule has 1 aliphatic rings. The van der Waals surface area contributed by atoms with Gasteiger partial charge in [0.25, 0.3) is 5.91 Å². The van der Waals surface area contributed by atoms with Gasteiger partial charge in [-0.05, 0) is 62.2 Å². The third-order valence-electron chi connectivity index (χ3n) is 4.77. The van der Waals surface area contributed by atoms with Crippen molar-refractivity contribution in [3.05, 3.63) is 53.1 Å². The van der Waals surface area contributed by atoms with Crippen LogP contribution in [0.3, 0.4) is 0 Å². The van der Waals surface area contributed by atoms with Crippen molar-refractivity contribution in [3.63, 3.8) is 0 Å². The van der Waals surface area contributed by atoms with Crippen LogP contribution < -0.4 is 19.2 Å². The second-order valence-electron chi connectivity index (χ2n) is 7.13. The molecule has 1 amide bonds. The number of rotatable bonds is 6. The van der Waals surface area contributed by atoms with E-state index < -0.39 is 15.9 Å². The van der Waals surface area contributed by atoms with Gasteiger partial charge in [0, 0.05) is 5.56 Å². The van der Waals surface area contributed by atoms with E-state index in [-0.39, 0.29) is 6.54 Å². The quantitative estimate of drug-likeness (QED) is 0.559. The monoisotopic (exact) mass is 431 g/mol. The fourth-order valence-electron chi connectivity index (χ4n) is 2.93. The van der Waals surface area contributed by atoms with Crippen molar-refractivity contribution in [1.29, 1.82) is 0 Å². The number of fused-ring (bicyclic) bond motifs is 1. The summed E-state index contributed by atoms with van der Waals surface area (Å²) in [5, 5.41) is 4.10. The van der Waals surface area contributed by atoms with E-state index in [2.05, 4.69) is 10.5 Å². The lowest BCUT2D eigenvalue weighted by molar-refractivity contribution is -0.119. The molecule has 0 spiro atoms. The molecule has 3 rings (SSSR count). The van der Waals surface area contributed by atoms with E-state index in [1.807, 2.05) is 26.0 Å². The van der Waals surface area contributed by atoms with Gasteiger partial charge in [0.2, 0.25) is 10.0 Å². The molecule has 0 saturated heterocycles. The Balaban J connectivity index is 1.73. The third-order valence-corrected chi connectivity index (χ3v) is 5.91. The lowest BCUT2D eigenvalue weighted by Gasteiger charge is -2.22. The van der Waals surface area contributed by atoms with Crippen molar-refractivity contribution >= 4 is 27.3 Å². The summed E-state index contributed by atoms with van der Waals surface area (Å²) in [5.41, 5.74) is 6.15. The molecular formula is C21H25N3O5S. The number of nitrogens with one attached hydrogen (secondary N) is 1. The first kappa shape index (κ1) is 21.6. The van der Waals surface area contributed by atoms with Crippen LogP contribution in [0.15, 0.2) is 41.5 Å². The Morgan fingerprint density at radius 1 is 1.07 bits per heavy atom. The zero-order chi connectivity index (χ0) is 21.9. The first-order valence-corrected chi connectivity index (χ1v) is 11.3. The maximum Gasteiger partial charge on any atom is 0.260 e. The molecule has 2 aromatic rings. The van der Waals surface area contributed by atoms with Crippen molar-refractivity contribution in [2.45, 2.75) is 20.8 Å². The van der Waals surface area contributed by atoms with Crippen LogP contribution in [0, 0.1) is 13.8 Å². The number of anilines is 1. The molecule has 8 nitrogen and oxygen atoms in total. The smallest absolute Gasteiger partial charge is 0.260 e. The number of benzene rings is 2. The molecule has 0 radical (unpaired) electrons. The summed E-state index contributed by atoms with van der Waals surface area (Å²) in [6.07, 6.45) is 1.07. The van der Waals surface area contributed by atoms with E-state index in [9.17, 15) is 13.2 Å². The highest BCUT2D eigenvalue weighted by molar-refractivity contribution is 7.92. The Hall–Kier alpha value is -3.07. The minimum atomic E-state index is -3.65. The maximum atomic E-state index is 12.4. The van der Waals surface area contributed by atoms with Crippen LogP contribution in [0.5, 0.6) is 11.5 Å². The van der Waals surface area contributed by atoms with Crippen LogP contribution in [-0.4, -0.2) is 46.1 Å². The van der Waals surface area contributed by atoms with Gasteiger partial charge in [-0.2, -0.15) is 5.10 Å². The number of sulfonamides is 1. The molecule has 30 heavy (non-hydrogen) atoms. The van der Waals surface area contributed by atoms with Crippen LogP contribution in [0.25, 0.3) is 0 Å². The van der Waals surface area contributed by atoms with Gasteiger partial charge >= 0.3 is 0 Å². The highest BCUT2D eigenvalue weighted by atomic mass is 32.2. The van der Waals surface area contributed by atoms with Gasteiger partial charge in [0.15, 0.2) is 11.5 Å². The number of amides is 1. The van der Waals surface area contributed by atoms with Gasteiger partial charge in [-0.3, -0.25) is 9.10 Å². The predicted octanol–water partition coefficient (Wildman–Crippen LogP) is 2.38. The normalized spacial score (nSPS) is 13.7. The van der Waals surface area contributed by atoms with Gasteiger partial charge in [0.05, 0.1) is 17.7 Å². The van der Waals surface area contributed by atoms with Gasteiger partial charge in [0.1, 0.15) is 19.8 Å². The predicted molar refractivity (Wildman–Crippen MR) is 116 cm³/mol. The van der Waals surface area contributed by atoms with Crippen molar-refractivity contribution in [3.8, 4) is 11.5 Å². The van der Waals surface area contributed by atoms with Gasteiger partial charge in [-0.1, -0.05) is 6.07 Å². The summed E-state index contributed by atoms with van der Waals surface area (Å²) in [4.78, 5) is 12.4. The summed E-state index contributed by atoms with van der Waals surface area (Å²) in [5.74, 6) is 0.743. The van der Waals surface area contributed by atoms with E-state index in [0.717, 1.165) is 27.3 Å². The summed E-state index contributed by atoms with van der Waals surface area (Å²) < 4.78 is 36.6. The van der Waals surface area contributed by atoms with Crippen LogP contribution in [0.4, 0.5) is 5.69 Å². The fraction of sp³-hybridized carbons (Fsp3) is 0.333. The number of nitrogens with zero attached hydrogens (tertiary/aromatic N) is 2. The molecule has 160 valence electrons. The zero-order valence-electron chi connectivity index (χ0n) is 17.4.